The van der Waals surface area contributed by atoms with Crippen molar-refractivity contribution in [1.82, 2.24) is 15.0 Å². The predicted octanol–water partition coefficient (Wildman–Crippen LogP) is 1.78. The highest BCUT2D eigenvalue weighted by atomic mass is 35.5. The molecular weight excluding hydrogens is 396 g/mol. The number of hydrogen-bond acceptors (Lipinski definition) is 6. The zero-order chi connectivity index (χ0) is 18.4. The van der Waals surface area contributed by atoms with Gasteiger partial charge >= 0.3 is 0 Å². The topological polar surface area (TPSA) is 114 Å². The summed E-state index contributed by atoms with van der Waals surface area (Å²) < 4.78 is 26.8. The van der Waals surface area contributed by atoms with Gasteiger partial charge in [-0.2, -0.15) is 0 Å². The molecule has 0 fully saturated rings. The van der Waals surface area contributed by atoms with Crippen molar-refractivity contribution in [3.8, 4) is 0 Å². The number of thiazole rings is 1. The van der Waals surface area contributed by atoms with Crippen LogP contribution in [0.1, 0.15) is 40.5 Å². The zero-order valence-corrected chi connectivity index (χ0v) is 17.0. The number of aromatic nitrogens is 1. The summed E-state index contributed by atoms with van der Waals surface area (Å²) in [7, 11) is -3.43. The molecule has 1 aromatic heterocycles. The largest absolute Gasteiger partial charge is 0.347 e. The van der Waals surface area contributed by atoms with Gasteiger partial charge in [0.25, 0.3) is 5.91 Å². The fraction of sp³-hybridized carbons (Fsp3) is 0.375. The van der Waals surface area contributed by atoms with E-state index in [0.717, 1.165) is 5.56 Å². The van der Waals surface area contributed by atoms with Crippen LogP contribution in [0, 0.1) is 0 Å². The molecule has 4 N–H and O–H groups in total. The van der Waals surface area contributed by atoms with Crippen molar-refractivity contribution in [2.45, 2.75) is 38.7 Å². The first-order chi connectivity index (χ1) is 11.8. The number of carbonyl (C=O) groups is 1. The van der Waals surface area contributed by atoms with Crippen LogP contribution >= 0.6 is 23.7 Å². The molecule has 2 rings (SSSR count). The molecule has 144 valence electrons. The number of amides is 1. The Balaban J connectivity index is 0.00000338. The quantitative estimate of drug-likeness (QED) is 0.604. The van der Waals surface area contributed by atoms with Crippen molar-refractivity contribution >= 4 is 39.7 Å². The molecule has 10 heteroatoms. The van der Waals surface area contributed by atoms with Crippen LogP contribution in [0.15, 0.2) is 29.6 Å². The lowest BCUT2D eigenvalue weighted by Gasteiger charge is -2.13. The van der Waals surface area contributed by atoms with Gasteiger partial charge < -0.3 is 11.1 Å². The standard InChI is InChI=1S/C16H22N4O3S2.ClH/c1-11(2)20-25(22,23)10-13-6-4-3-5-12(13)8-18-16(21)14-9-24-15(7-17)19-14;/h3-6,9,11,20H,7-8,10,17H2,1-2H3,(H,18,21);1H. The predicted molar refractivity (Wildman–Crippen MR) is 106 cm³/mol. The molecule has 0 spiro atoms. The first kappa shape index (κ1) is 22.5. The van der Waals surface area contributed by atoms with Gasteiger partial charge in [-0.15, -0.1) is 23.7 Å². The summed E-state index contributed by atoms with van der Waals surface area (Å²) in [4.78, 5) is 16.3. The zero-order valence-electron chi connectivity index (χ0n) is 14.6. The maximum Gasteiger partial charge on any atom is 0.271 e. The van der Waals surface area contributed by atoms with Gasteiger partial charge in [0, 0.05) is 24.5 Å². The Bertz CT molecular complexity index is 838. The lowest BCUT2D eigenvalue weighted by molar-refractivity contribution is 0.0946. The second kappa shape index (κ2) is 9.98. The van der Waals surface area contributed by atoms with Crippen LogP contribution in [-0.4, -0.2) is 25.4 Å². The van der Waals surface area contributed by atoms with Gasteiger partial charge in [-0.1, -0.05) is 24.3 Å². The molecule has 7 nitrogen and oxygen atoms in total. The summed E-state index contributed by atoms with van der Waals surface area (Å²) >= 11 is 1.33. The van der Waals surface area contributed by atoms with Crippen LogP contribution in [0.4, 0.5) is 0 Å². The Hall–Kier alpha value is -1.52. The van der Waals surface area contributed by atoms with Gasteiger partial charge in [0.05, 0.1) is 5.75 Å². The van der Waals surface area contributed by atoms with Crippen LogP contribution in [0.5, 0.6) is 0 Å². The molecule has 0 unspecified atom stereocenters. The van der Waals surface area contributed by atoms with E-state index in [1.54, 1.807) is 37.4 Å². The maximum absolute atomic E-state index is 12.2. The summed E-state index contributed by atoms with van der Waals surface area (Å²) in [5, 5.41) is 5.11. The SMILES string of the molecule is CC(C)NS(=O)(=O)Cc1ccccc1CNC(=O)c1csc(CN)n1.Cl. The van der Waals surface area contributed by atoms with Crippen molar-refractivity contribution in [2.75, 3.05) is 0 Å². The Labute approximate surface area is 163 Å². The number of rotatable bonds is 8. The normalized spacial score (nSPS) is 11.2. The third kappa shape index (κ3) is 6.65. The molecule has 26 heavy (non-hydrogen) atoms. The summed E-state index contributed by atoms with van der Waals surface area (Å²) in [6, 6.07) is 6.96. The minimum Gasteiger partial charge on any atom is -0.347 e. The number of nitrogens with two attached hydrogens (primary N) is 1. The number of carbonyl (C=O) groups excluding carboxylic acids is 1. The van der Waals surface area contributed by atoms with Crippen LogP contribution in [0.3, 0.4) is 0 Å². The van der Waals surface area contributed by atoms with Gasteiger partial charge in [-0.05, 0) is 25.0 Å². The van der Waals surface area contributed by atoms with Crippen molar-refractivity contribution in [1.29, 1.82) is 0 Å². The fourth-order valence-electron chi connectivity index (χ4n) is 2.25. The van der Waals surface area contributed by atoms with E-state index in [0.29, 0.717) is 22.8 Å². The van der Waals surface area contributed by atoms with Gasteiger partial charge in [0.2, 0.25) is 10.0 Å². The van der Waals surface area contributed by atoms with Crippen LogP contribution in [-0.2, 0) is 28.9 Å². The lowest BCUT2D eigenvalue weighted by atomic mass is 10.1. The van der Waals surface area contributed by atoms with E-state index in [2.05, 4.69) is 15.0 Å². The molecule has 0 saturated carbocycles. The molecule has 0 bridgehead atoms. The first-order valence-corrected chi connectivity index (χ1v) is 10.3. The van der Waals surface area contributed by atoms with Gasteiger partial charge in [0.15, 0.2) is 0 Å². The summed E-state index contributed by atoms with van der Waals surface area (Å²) in [5.74, 6) is -0.445. The number of nitrogens with zero attached hydrogens (tertiary/aromatic N) is 1. The molecular formula is C16H23ClN4O3S2. The molecule has 0 aliphatic heterocycles. The van der Waals surface area contributed by atoms with Crippen LogP contribution in [0.25, 0.3) is 0 Å². The van der Waals surface area contributed by atoms with Crippen molar-refractivity contribution in [3.63, 3.8) is 0 Å². The second-order valence-electron chi connectivity index (χ2n) is 5.81. The third-order valence-electron chi connectivity index (χ3n) is 3.28. The summed E-state index contributed by atoms with van der Waals surface area (Å²) in [6.45, 7) is 4.06. The highest BCUT2D eigenvalue weighted by Gasteiger charge is 2.16. The van der Waals surface area contributed by atoms with E-state index in [-0.39, 0.29) is 36.7 Å². The molecule has 0 aliphatic rings. The highest BCUT2D eigenvalue weighted by molar-refractivity contribution is 7.88. The van der Waals surface area contributed by atoms with Crippen LogP contribution in [0.2, 0.25) is 0 Å². The molecule has 0 saturated heterocycles. The lowest BCUT2D eigenvalue weighted by Crippen LogP contribution is -2.32. The number of halogens is 1. The van der Waals surface area contributed by atoms with E-state index in [9.17, 15) is 13.2 Å². The third-order valence-corrected chi connectivity index (χ3v) is 5.67. The van der Waals surface area contributed by atoms with E-state index in [1.807, 2.05) is 6.07 Å². The Morgan fingerprint density at radius 3 is 2.50 bits per heavy atom. The maximum atomic E-state index is 12.2. The Morgan fingerprint density at radius 1 is 1.27 bits per heavy atom. The van der Waals surface area contributed by atoms with E-state index >= 15 is 0 Å². The van der Waals surface area contributed by atoms with E-state index < -0.39 is 10.0 Å². The Morgan fingerprint density at radius 2 is 1.92 bits per heavy atom. The van der Waals surface area contributed by atoms with Crippen molar-refractivity contribution in [3.05, 3.63) is 51.5 Å². The molecule has 1 aromatic carbocycles. The van der Waals surface area contributed by atoms with Gasteiger partial charge in [-0.3, -0.25) is 4.79 Å². The van der Waals surface area contributed by atoms with E-state index in [4.69, 9.17) is 5.73 Å². The van der Waals surface area contributed by atoms with Gasteiger partial charge in [0.1, 0.15) is 10.7 Å². The van der Waals surface area contributed by atoms with Crippen molar-refractivity contribution < 1.29 is 13.2 Å². The van der Waals surface area contributed by atoms with Crippen LogP contribution < -0.4 is 15.8 Å². The summed E-state index contributed by atoms with van der Waals surface area (Å²) in [6.07, 6.45) is 0. The number of benzene rings is 1. The molecule has 1 heterocycles. The van der Waals surface area contributed by atoms with E-state index in [1.165, 1.54) is 11.3 Å². The monoisotopic (exact) mass is 418 g/mol. The summed E-state index contributed by atoms with van der Waals surface area (Å²) in [5.41, 5.74) is 7.21. The number of hydrogen-bond donors (Lipinski definition) is 3. The minimum atomic E-state index is -3.43. The molecule has 0 radical (unpaired) electrons. The first-order valence-electron chi connectivity index (χ1n) is 7.80. The molecule has 2 aromatic rings. The average Bonchev–Trinajstić information content (AvgIpc) is 3.01. The smallest absolute Gasteiger partial charge is 0.271 e. The molecule has 1 amide bonds. The van der Waals surface area contributed by atoms with Crippen molar-refractivity contribution in [2.24, 2.45) is 5.73 Å². The second-order valence-corrected chi connectivity index (χ2v) is 8.51. The Kier molecular flexibility index (Phi) is 8.65. The highest BCUT2D eigenvalue weighted by Crippen LogP contribution is 2.13. The number of nitrogens with one attached hydrogen (secondary N) is 2. The molecule has 0 aliphatic carbocycles. The number of sulfonamides is 1. The molecule has 0 atom stereocenters. The van der Waals surface area contributed by atoms with Gasteiger partial charge in [-0.25, -0.2) is 18.1 Å². The minimum absolute atomic E-state index is 0. The average molecular weight is 419 g/mol. The fourth-order valence-corrected chi connectivity index (χ4v) is 4.40.